The standard InChI is InChI=1S/C16H17NO5S2/c1-11-5-6-13(24(2,20)21)8-14(11)16(19)22-10-15(18)17-9-12-4-3-7-23-12/h3-8H,9-10H2,1-2H3,(H,17,18). The summed E-state index contributed by atoms with van der Waals surface area (Å²) in [5.41, 5.74) is 0.704. The zero-order valence-corrected chi connectivity index (χ0v) is 14.9. The summed E-state index contributed by atoms with van der Waals surface area (Å²) < 4.78 is 28.1. The van der Waals surface area contributed by atoms with Crippen molar-refractivity contribution in [2.24, 2.45) is 0 Å². The van der Waals surface area contributed by atoms with Crippen LogP contribution in [0.15, 0.2) is 40.6 Å². The first-order valence-corrected chi connectivity index (χ1v) is 9.81. The van der Waals surface area contributed by atoms with Gasteiger partial charge in [-0.2, -0.15) is 0 Å². The van der Waals surface area contributed by atoms with Crippen molar-refractivity contribution in [2.45, 2.75) is 18.4 Å². The molecule has 0 fully saturated rings. The Morgan fingerprint density at radius 1 is 1.25 bits per heavy atom. The fraction of sp³-hybridized carbons (Fsp3) is 0.250. The molecule has 1 aromatic heterocycles. The van der Waals surface area contributed by atoms with E-state index in [9.17, 15) is 18.0 Å². The van der Waals surface area contributed by atoms with Crippen LogP contribution < -0.4 is 5.32 Å². The second-order valence-electron chi connectivity index (χ2n) is 5.18. The first-order chi connectivity index (χ1) is 11.3. The number of rotatable bonds is 6. The van der Waals surface area contributed by atoms with Gasteiger partial charge in [-0.15, -0.1) is 11.3 Å². The fourth-order valence-electron chi connectivity index (χ4n) is 1.91. The lowest BCUT2D eigenvalue weighted by atomic mass is 10.1. The van der Waals surface area contributed by atoms with Gasteiger partial charge in [-0.1, -0.05) is 12.1 Å². The second kappa shape index (κ2) is 7.59. The number of carbonyl (C=O) groups excluding carboxylic acids is 2. The Balaban J connectivity index is 1.96. The van der Waals surface area contributed by atoms with E-state index >= 15 is 0 Å². The molecule has 1 amide bonds. The van der Waals surface area contributed by atoms with E-state index in [1.807, 2.05) is 17.5 Å². The molecular formula is C16H17NO5S2. The highest BCUT2D eigenvalue weighted by molar-refractivity contribution is 7.90. The molecule has 0 saturated heterocycles. The van der Waals surface area contributed by atoms with Crippen LogP contribution in [0.5, 0.6) is 0 Å². The SMILES string of the molecule is Cc1ccc(S(C)(=O)=O)cc1C(=O)OCC(=O)NCc1cccs1. The Morgan fingerprint density at radius 2 is 2.00 bits per heavy atom. The molecule has 128 valence electrons. The third kappa shape index (κ3) is 4.90. The third-order valence-electron chi connectivity index (χ3n) is 3.23. The summed E-state index contributed by atoms with van der Waals surface area (Å²) in [6.45, 7) is 1.61. The Hall–Kier alpha value is -2.19. The van der Waals surface area contributed by atoms with Crippen LogP contribution in [0.2, 0.25) is 0 Å². The van der Waals surface area contributed by atoms with Crippen molar-refractivity contribution >= 4 is 33.1 Å². The van der Waals surface area contributed by atoms with E-state index in [0.717, 1.165) is 11.1 Å². The van der Waals surface area contributed by atoms with Gasteiger partial charge in [0.15, 0.2) is 16.4 Å². The lowest BCUT2D eigenvalue weighted by Crippen LogP contribution is -2.28. The molecule has 8 heteroatoms. The summed E-state index contributed by atoms with van der Waals surface area (Å²) in [6.07, 6.45) is 1.06. The van der Waals surface area contributed by atoms with Gasteiger partial charge in [0.2, 0.25) is 0 Å². The number of sulfone groups is 1. The number of thiophene rings is 1. The molecule has 2 rings (SSSR count). The van der Waals surface area contributed by atoms with E-state index in [1.165, 1.54) is 29.5 Å². The highest BCUT2D eigenvalue weighted by Crippen LogP contribution is 2.16. The highest BCUT2D eigenvalue weighted by Gasteiger charge is 2.16. The van der Waals surface area contributed by atoms with Crippen molar-refractivity contribution in [1.82, 2.24) is 5.32 Å². The number of aryl methyl sites for hydroxylation is 1. The van der Waals surface area contributed by atoms with Crippen LogP contribution in [0.1, 0.15) is 20.8 Å². The normalized spacial score (nSPS) is 11.1. The van der Waals surface area contributed by atoms with Crippen molar-refractivity contribution in [3.8, 4) is 0 Å². The molecule has 0 radical (unpaired) electrons. The monoisotopic (exact) mass is 367 g/mol. The molecule has 1 heterocycles. The molecule has 1 N–H and O–H groups in total. The zero-order chi connectivity index (χ0) is 17.7. The summed E-state index contributed by atoms with van der Waals surface area (Å²) >= 11 is 1.51. The molecule has 6 nitrogen and oxygen atoms in total. The molecular weight excluding hydrogens is 350 g/mol. The lowest BCUT2D eigenvalue weighted by molar-refractivity contribution is -0.124. The van der Waals surface area contributed by atoms with Gasteiger partial charge in [0.05, 0.1) is 17.0 Å². The average Bonchev–Trinajstić information content (AvgIpc) is 3.03. The minimum absolute atomic E-state index is 0.0298. The van der Waals surface area contributed by atoms with Crippen LogP contribution in [-0.4, -0.2) is 33.2 Å². The number of carbonyl (C=O) groups is 2. The largest absolute Gasteiger partial charge is 0.452 e. The summed E-state index contributed by atoms with van der Waals surface area (Å²) in [4.78, 5) is 24.8. The van der Waals surface area contributed by atoms with E-state index in [0.29, 0.717) is 12.1 Å². The molecule has 0 atom stereocenters. The maximum Gasteiger partial charge on any atom is 0.338 e. The van der Waals surface area contributed by atoms with Crippen molar-refractivity contribution in [1.29, 1.82) is 0 Å². The van der Waals surface area contributed by atoms with E-state index in [4.69, 9.17) is 4.74 Å². The summed E-state index contributed by atoms with van der Waals surface area (Å²) in [6, 6.07) is 7.98. The number of hydrogen-bond donors (Lipinski definition) is 1. The summed E-state index contributed by atoms with van der Waals surface area (Å²) in [7, 11) is -3.43. The predicted molar refractivity (Wildman–Crippen MR) is 90.7 cm³/mol. The van der Waals surface area contributed by atoms with Gasteiger partial charge in [-0.3, -0.25) is 4.79 Å². The number of hydrogen-bond acceptors (Lipinski definition) is 6. The molecule has 2 aromatic rings. The van der Waals surface area contributed by atoms with Crippen molar-refractivity contribution in [3.05, 3.63) is 51.7 Å². The lowest BCUT2D eigenvalue weighted by Gasteiger charge is -2.09. The first kappa shape index (κ1) is 18.2. The van der Waals surface area contributed by atoms with Gasteiger partial charge >= 0.3 is 5.97 Å². The molecule has 1 aromatic carbocycles. The molecule has 0 aliphatic rings. The minimum atomic E-state index is -3.43. The second-order valence-corrected chi connectivity index (χ2v) is 8.23. The smallest absolute Gasteiger partial charge is 0.338 e. The van der Waals surface area contributed by atoms with Crippen LogP contribution in [0.25, 0.3) is 0 Å². The Morgan fingerprint density at radius 3 is 2.62 bits per heavy atom. The van der Waals surface area contributed by atoms with Gasteiger partial charge in [-0.25, -0.2) is 13.2 Å². The van der Waals surface area contributed by atoms with Crippen molar-refractivity contribution < 1.29 is 22.7 Å². The quantitative estimate of drug-likeness (QED) is 0.788. The van der Waals surface area contributed by atoms with Crippen LogP contribution >= 0.6 is 11.3 Å². The van der Waals surface area contributed by atoms with Crippen LogP contribution in [0, 0.1) is 6.92 Å². The first-order valence-electron chi connectivity index (χ1n) is 7.04. The molecule has 0 saturated carbocycles. The van der Waals surface area contributed by atoms with Gasteiger partial charge in [0.25, 0.3) is 5.91 Å². The van der Waals surface area contributed by atoms with Crippen LogP contribution in [0.3, 0.4) is 0 Å². The van der Waals surface area contributed by atoms with Gasteiger partial charge in [0.1, 0.15) is 0 Å². The maximum atomic E-state index is 12.1. The fourth-order valence-corrected chi connectivity index (χ4v) is 3.20. The number of nitrogens with one attached hydrogen (secondary N) is 1. The molecule has 0 bridgehead atoms. The van der Waals surface area contributed by atoms with Gasteiger partial charge in [-0.05, 0) is 36.1 Å². The summed E-state index contributed by atoms with van der Waals surface area (Å²) in [5.74, 6) is -1.15. The van der Waals surface area contributed by atoms with Crippen LogP contribution in [-0.2, 0) is 25.9 Å². The van der Waals surface area contributed by atoms with E-state index in [-0.39, 0.29) is 10.5 Å². The Kier molecular flexibility index (Phi) is 5.74. The molecule has 0 aliphatic heterocycles. The number of ether oxygens (including phenoxy) is 1. The van der Waals surface area contributed by atoms with E-state index in [2.05, 4.69) is 5.32 Å². The predicted octanol–water partition coefficient (Wildman–Crippen LogP) is 1.93. The van der Waals surface area contributed by atoms with Crippen LogP contribution in [0.4, 0.5) is 0 Å². The van der Waals surface area contributed by atoms with Gasteiger partial charge in [0, 0.05) is 11.1 Å². The Bertz CT molecular complexity index is 841. The highest BCUT2D eigenvalue weighted by atomic mass is 32.2. The van der Waals surface area contributed by atoms with E-state index in [1.54, 1.807) is 6.92 Å². The molecule has 0 unspecified atom stereocenters. The van der Waals surface area contributed by atoms with Crippen molar-refractivity contribution in [2.75, 3.05) is 12.9 Å². The zero-order valence-electron chi connectivity index (χ0n) is 13.2. The third-order valence-corrected chi connectivity index (χ3v) is 5.22. The topological polar surface area (TPSA) is 89.5 Å². The minimum Gasteiger partial charge on any atom is -0.452 e. The van der Waals surface area contributed by atoms with Gasteiger partial charge < -0.3 is 10.1 Å². The van der Waals surface area contributed by atoms with E-state index < -0.39 is 28.3 Å². The summed E-state index contributed by atoms with van der Waals surface area (Å²) in [5, 5.41) is 4.54. The number of amides is 1. The molecule has 24 heavy (non-hydrogen) atoms. The van der Waals surface area contributed by atoms with Crippen molar-refractivity contribution in [3.63, 3.8) is 0 Å². The number of esters is 1. The number of benzene rings is 1. The Labute approximate surface area is 144 Å². The average molecular weight is 367 g/mol. The molecule has 0 aliphatic carbocycles. The maximum absolute atomic E-state index is 12.1. The molecule has 0 spiro atoms.